The first-order valence-electron chi connectivity index (χ1n) is 10.6. The first kappa shape index (κ1) is 24.0. The number of ether oxygens (including phenoxy) is 1. The van der Waals surface area contributed by atoms with Gasteiger partial charge in [0.15, 0.2) is 0 Å². The lowest BCUT2D eigenvalue weighted by atomic mass is 10.1. The molecule has 0 aromatic heterocycles. The first-order chi connectivity index (χ1) is 15.9. The average Bonchev–Trinajstić information content (AvgIpc) is 2.82. The maximum atomic E-state index is 13.4. The molecule has 1 saturated heterocycles. The van der Waals surface area contributed by atoms with Crippen LogP contribution >= 0.6 is 0 Å². The molecular formula is C23H28FN5O4. The average molecular weight is 458 g/mol. The van der Waals surface area contributed by atoms with Gasteiger partial charge in [-0.1, -0.05) is 18.2 Å². The Hall–Kier alpha value is -3.66. The van der Waals surface area contributed by atoms with Crippen LogP contribution in [0.2, 0.25) is 0 Å². The van der Waals surface area contributed by atoms with Crippen molar-refractivity contribution in [2.75, 3.05) is 45.2 Å². The molecule has 4 amide bonds. The molecule has 4 N–H and O–H groups in total. The Labute approximate surface area is 191 Å². The van der Waals surface area contributed by atoms with Gasteiger partial charge in [0.1, 0.15) is 17.6 Å². The number of nitrogens with two attached hydrogens (primary N) is 1. The van der Waals surface area contributed by atoms with E-state index in [2.05, 4.69) is 10.6 Å². The van der Waals surface area contributed by atoms with Crippen LogP contribution < -0.4 is 21.1 Å². The molecule has 1 heterocycles. The summed E-state index contributed by atoms with van der Waals surface area (Å²) in [6.45, 7) is 0.913. The predicted molar refractivity (Wildman–Crippen MR) is 121 cm³/mol. The van der Waals surface area contributed by atoms with Gasteiger partial charge in [-0.2, -0.15) is 0 Å². The largest absolute Gasteiger partial charge is 0.497 e. The zero-order chi connectivity index (χ0) is 23.8. The summed E-state index contributed by atoms with van der Waals surface area (Å²) in [6.07, 6.45) is 0.0906. The topological polar surface area (TPSA) is 117 Å². The molecule has 2 aromatic rings. The lowest BCUT2D eigenvalue weighted by Crippen LogP contribution is -2.62. The number of urea groups is 1. The molecular weight excluding hydrogens is 429 g/mol. The highest BCUT2D eigenvalue weighted by atomic mass is 19.1. The van der Waals surface area contributed by atoms with Crippen molar-refractivity contribution >= 4 is 23.5 Å². The first-order valence-corrected chi connectivity index (χ1v) is 10.6. The summed E-state index contributed by atoms with van der Waals surface area (Å²) in [6, 6.07) is 11.4. The Balaban J connectivity index is 1.72. The van der Waals surface area contributed by atoms with Gasteiger partial charge in [0.05, 0.1) is 20.1 Å². The Morgan fingerprint density at radius 2 is 1.94 bits per heavy atom. The van der Waals surface area contributed by atoms with Crippen LogP contribution in [0.3, 0.4) is 0 Å². The smallest absolute Gasteiger partial charge is 0.321 e. The van der Waals surface area contributed by atoms with E-state index in [0.29, 0.717) is 11.4 Å². The Bertz CT molecular complexity index is 1000. The minimum Gasteiger partial charge on any atom is -0.497 e. The van der Waals surface area contributed by atoms with Crippen LogP contribution in [0.1, 0.15) is 5.56 Å². The summed E-state index contributed by atoms with van der Waals surface area (Å²) in [7, 11) is 1.55. The summed E-state index contributed by atoms with van der Waals surface area (Å²) < 4.78 is 18.6. The summed E-state index contributed by atoms with van der Waals surface area (Å²) in [5.41, 5.74) is 6.55. The number of halogens is 1. The molecule has 9 nitrogen and oxygen atoms in total. The van der Waals surface area contributed by atoms with Gasteiger partial charge in [-0.3, -0.25) is 9.59 Å². The summed E-state index contributed by atoms with van der Waals surface area (Å²) in [4.78, 5) is 41.5. The number of piperazine rings is 1. The van der Waals surface area contributed by atoms with Gasteiger partial charge >= 0.3 is 6.03 Å². The second kappa shape index (κ2) is 11.3. The van der Waals surface area contributed by atoms with E-state index in [1.54, 1.807) is 31.4 Å². The number of carbonyl (C=O) groups is 3. The number of carbonyl (C=O) groups excluding carboxylic acids is 3. The van der Waals surface area contributed by atoms with Crippen molar-refractivity contribution in [1.29, 1.82) is 0 Å². The number of rotatable bonds is 7. The Morgan fingerprint density at radius 3 is 2.67 bits per heavy atom. The lowest BCUT2D eigenvalue weighted by Gasteiger charge is -2.40. The zero-order valence-electron chi connectivity index (χ0n) is 18.4. The number of nitrogens with zero attached hydrogens (tertiary/aromatic N) is 2. The molecule has 1 unspecified atom stereocenters. The molecule has 0 spiro atoms. The standard InChI is InChI=1S/C23H28FN5O4/c1-33-19-7-2-4-16(12-19)13-21(30)29-11-10-28(15-20(29)22(31)26-9-8-25)23(32)27-18-6-3-5-17(24)14-18/h2-7,12,14,20H,8-11,13,15,25H2,1H3,(H,26,31)(H,27,32). The molecule has 10 heteroatoms. The van der Waals surface area contributed by atoms with Crippen molar-refractivity contribution in [3.05, 3.63) is 59.9 Å². The van der Waals surface area contributed by atoms with Crippen molar-refractivity contribution < 1.29 is 23.5 Å². The molecule has 33 heavy (non-hydrogen) atoms. The molecule has 1 fully saturated rings. The van der Waals surface area contributed by atoms with Crippen LogP contribution in [0.4, 0.5) is 14.9 Å². The number of hydrogen-bond acceptors (Lipinski definition) is 5. The molecule has 0 radical (unpaired) electrons. The monoisotopic (exact) mass is 457 g/mol. The van der Waals surface area contributed by atoms with Gasteiger partial charge in [0.25, 0.3) is 0 Å². The van der Waals surface area contributed by atoms with Crippen LogP contribution in [0.5, 0.6) is 5.75 Å². The summed E-state index contributed by atoms with van der Waals surface area (Å²) >= 11 is 0. The fourth-order valence-electron chi connectivity index (χ4n) is 3.63. The van der Waals surface area contributed by atoms with Crippen molar-refractivity contribution in [1.82, 2.24) is 15.1 Å². The highest BCUT2D eigenvalue weighted by Gasteiger charge is 2.36. The van der Waals surface area contributed by atoms with E-state index >= 15 is 0 Å². The van der Waals surface area contributed by atoms with E-state index in [0.717, 1.165) is 5.56 Å². The summed E-state index contributed by atoms with van der Waals surface area (Å²) in [5.74, 6) is -0.458. The van der Waals surface area contributed by atoms with Crippen molar-refractivity contribution in [2.45, 2.75) is 12.5 Å². The number of amides is 4. The van der Waals surface area contributed by atoms with Crippen molar-refractivity contribution in [2.24, 2.45) is 5.73 Å². The molecule has 0 bridgehead atoms. The second-order valence-corrected chi connectivity index (χ2v) is 7.60. The van der Waals surface area contributed by atoms with E-state index in [9.17, 15) is 18.8 Å². The molecule has 1 aliphatic rings. The SMILES string of the molecule is COc1cccc(CC(=O)N2CCN(C(=O)Nc3cccc(F)c3)CC2C(=O)NCCN)c1. The van der Waals surface area contributed by atoms with Crippen LogP contribution in [0.25, 0.3) is 0 Å². The highest BCUT2D eigenvalue weighted by molar-refractivity contribution is 5.92. The van der Waals surface area contributed by atoms with E-state index in [4.69, 9.17) is 10.5 Å². The normalized spacial score (nSPS) is 15.7. The quantitative estimate of drug-likeness (QED) is 0.578. The minimum atomic E-state index is -0.873. The highest BCUT2D eigenvalue weighted by Crippen LogP contribution is 2.18. The maximum Gasteiger partial charge on any atom is 0.321 e. The molecule has 0 aliphatic carbocycles. The predicted octanol–water partition coefficient (Wildman–Crippen LogP) is 1.20. The lowest BCUT2D eigenvalue weighted by molar-refractivity contribution is -0.142. The molecule has 176 valence electrons. The fraction of sp³-hybridized carbons (Fsp3) is 0.348. The number of benzene rings is 2. The molecule has 2 aromatic carbocycles. The third kappa shape index (κ3) is 6.42. The van der Waals surface area contributed by atoms with Crippen LogP contribution in [-0.2, 0) is 16.0 Å². The Morgan fingerprint density at radius 1 is 1.15 bits per heavy atom. The van der Waals surface area contributed by atoms with Crippen LogP contribution in [0.15, 0.2) is 48.5 Å². The van der Waals surface area contributed by atoms with Gasteiger partial charge in [-0.25, -0.2) is 9.18 Å². The summed E-state index contributed by atoms with van der Waals surface area (Å²) in [5, 5.41) is 5.33. The molecule has 1 atom stereocenters. The van der Waals surface area contributed by atoms with Crippen LogP contribution in [0, 0.1) is 5.82 Å². The fourth-order valence-corrected chi connectivity index (χ4v) is 3.63. The number of hydrogen-bond donors (Lipinski definition) is 3. The molecule has 3 rings (SSSR count). The van der Waals surface area contributed by atoms with E-state index in [1.165, 1.54) is 28.0 Å². The van der Waals surface area contributed by atoms with E-state index in [1.807, 2.05) is 6.07 Å². The van der Waals surface area contributed by atoms with E-state index in [-0.39, 0.29) is 51.0 Å². The van der Waals surface area contributed by atoms with Gasteiger partial charge in [-0.05, 0) is 35.9 Å². The van der Waals surface area contributed by atoms with Crippen LogP contribution in [-0.4, -0.2) is 73.5 Å². The third-order valence-electron chi connectivity index (χ3n) is 5.30. The van der Waals surface area contributed by atoms with Crippen molar-refractivity contribution in [3.63, 3.8) is 0 Å². The molecule has 1 aliphatic heterocycles. The maximum absolute atomic E-state index is 13.4. The third-order valence-corrected chi connectivity index (χ3v) is 5.30. The number of anilines is 1. The van der Waals surface area contributed by atoms with Gasteiger partial charge in [-0.15, -0.1) is 0 Å². The van der Waals surface area contributed by atoms with Crippen molar-refractivity contribution in [3.8, 4) is 5.75 Å². The van der Waals surface area contributed by atoms with Gasteiger partial charge in [0, 0.05) is 31.9 Å². The second-order valence-electron chi connectivity index (χ2n) is 7.60. The Kier molecular flexibility index (Phi) is 8.20. The number of nitrogens with one attached hydrogen (secondary N) is 2. The van der Waals surface area contributed by atoms with Gasteiger partial charge in [0.2, 0.25) is 11.8 Å². The number of methoxy groups -OCH3 is 1. The van der Waals surface area contributed by atoms with E-state index < -0.39 is 17.9 Å². The van der Waals surface area contributed by atoms with Gasteiger partial charge < -0.3 is 30.9 Å². The minimum absolute atomic E-state index is 0.00139. The zero-order valence-corrected chi connectivity index (χ0v) is 18.4. The molecule has 0 saturated carbocycles.